The first-order valence-corrected chi connectivity index (χ1v) is 6.96. The van der Waals surface area contributed by atoms with E-state index in [1.165, 1.54) is 37.4 Å². The van der Waals surface area contributed by atoms with Crippen LogP contribution in [0.25, 0.3) is 0 Å². The third kappa shape index (κ3) is 4.50. The molecule has 0 atom stereocenters. The van der Waals surface area contributed by atoms with Crippen LogP contribution in [0.5, 0.6) is 5.75 Å². The number of nitro groups is 1. The van der Waals surface area contributed by atoms with Gasteiger partial charge in [0.25, 0.3) is 5.91 Å². The summed E-state index contributed by atoms with van der Waals surface area (Å²) in [7, 11) is 1.26. The van der Waals surface area contributed by atoms with Crippen molar-refractivity contribution in [2.24, 2.45) is 0 Å². The quantitative estimate of drug-likeness (QED) is 0.488. The largest absolute Gasteiger partial charge is 0.490 e. The van der Waals surface area contributed by atoms with Crippen molar-refractivity contribution in [1.82, 2.24) is 0 Å². The molecule has 0 aliphatic rings. The van der Waals surface area contributed by atoms with Crippen LogP contribution >= 0.6 is 0 Å². The Morgan fingerprint density at radius 1 is 1.24 bits per heavy atom. The van der Waals surface area contributed by atoms with Gasteiger partial charge < -0.3 is 14.8 Å². The van der Waals surface area contributed by atoms with E-state index >= 15 is 0 Å². The summed E-state index contributed by atoms with van der Waals surface area (Å²) in [5.41, 5.74) is -0.581. The van der Waals surface area contributed by atoms with Gasteiger partial charge in [-0.1, -0.05) is 12.1 Å². The number of halogens is 1. The van der Waals surface area contributed by atoms with E-state index in [0.29, 0.717) is 0 Å². The number of rotatable bonds is 6. The standard InChI is InChI=1S/C16H13FN2O6/c1-24-14-7-6-10(8-13(14)19(22)23)16(21)25-9-15(20)18-12-5-3-2-4-11(12)17/h2-8H,9H2,1H3,(H,18,20). The second kappa shape index (κ2) is 7.86. The minimum Gasteiger partial charge on any atom is -0.490 e. The van der Waals surface area contributed by atoms with Crippen LogP contribution < -0.4 is 10.1 Å². The number of hydrogen-bond acceptors (Lipinski definition) is 6. The van der Waals surface area contributed by atoms with Crippen molar-refractivity contribution >= 4 is 23.3 Å². The molecule has 9 heteroatoms. The van der Waals surface area contributed by atoms with E-state index in [0.717, 1.165) is 12.1 Å². The number of carbonyl (C=O) groups excluding carboxylic acids is 2. The predicted molar refractivity (Wildman–Crippen MR) is 85.0 cm³/mol. The van der Waals surface area contributed by atoms with E-state index in [1.54, 1.807) is 0 Å². The number of amides is 1. The molecule has 0 saturated heterocycles. The average Bonchev–Trinajstić information content (AvgIpc) is 2.61. The van der Waals surface area contributed by atoms with Crippen LogP contribution in [0.3, 0.4) is 0 Å². The summed E-state index contributed by atoms with van der Waals surface area (Å²) < 4.78 is 23.0. The first-order valence-electron chi connectivity index (χ1n) is 6.96. The molecular weight excluding hydrogens is 335 g/mol. The molecule has 2 aromatic rings. The van der Waals surface area contributed by atoms with Crippen LogP contribution in [0.1, 0.15) is 10.4 Å². The molecule has 0 bridgehead atoms. The zero-order chi connectivity index (χ0) is 18.4. The number of esters is 1. The topological polar surface area (TPSA) is 108 Å². The number of benzene rings is 2. The third-order valence-corrected chi connectivity index (χ3v) is 3.09. The van der Waals surface area contributed by atoms with Gasteiger partial charge in [0, 0.05) is 6.07 Å². The van der Waals surface area contributed by atoms with Crippen molar-refractivity contribution in [3.63, 3.8) is 0 Å². The molecule has 2 rings (SSSR count). The van der Waals surface area contributed by atoms with Crippen LogP contribution in [0, 0.1) is 15.9 Å². The second-order valence-corrected chi connectivity index (χ2v) is 4.75. The maximum Gasteiger partial charge on any atom is 0.338 e. The van der Waals surface area contributed by atoms with Gasteiger partial charge in [0.15, 0.2) is 12.4 Å². The fourth-order valence-corrected chi connectivity index (χ4v) is 1.92. The molecule has 0 unspecified atom stereocenters. The molecule has 1 N–H and O–H groups in total. The maximum atomic E-state index is 13.4. The minimum absolute atomic E-state index is 0.0150. The molecule has 0 saturated carbocycles. The number of nitro benzene ring substituents is 1. The van der Waals surface area contributed by atoms with Gasteiger partial charge >= 0.3 is 11.7 Å². The normalized spacial score (nSPS) is 10.0. The van der Waals surface area contributed by atoms with Crippen LogP contribution in [-0.4, -0.2) is 30.5 Å². The van der Waals surface area contributed by atoms with Crippen molar-refractivity contribution in [3.05, 3.63) is 64.0 Å². The molecule has 0 heterocycles. The second-order valence-electron chi connectivity index (χ2n) is 4.75. The van der Waals surface area contributed by atoms with Crippen molar-refractivity contribution in [2.75, 3.05) is 19.0 Å². The Kier molecular flexibility index (Phi) is 5.62. The first-order chi connectivity index (χ1) is 11.9. The lowest BCUT2D eigenvalue weighted by Gasteiger charge is -2.08. The minimum atomic E-state index is -0.936. The summed E-state index contributed by atoms with van der Waals surface area (Å²) in [6, 6.07) is 9.00. The highest BCUT2D eigenvalue weighted by molar-refractivity contribution is 5.96. The molecule has 8 nitrogen and oxygen atoms in total. The van der Waals surface area contributed by atoms with Gasteiger partial charge in [0.2, 0.25) is 0 Å². The van der Waals surface area contributed by atoms with Crippen LogP contribution in [0.2, 0.25) is 0 Å². The highest BCUT2D eigenvalue weighted by Crippen LogP contribution is 2.27. The van der Waals surface area contributed by atoms with Gasteiger partial charge in [-0.3, -0.25) is 14.9 Å². The van der Waals surface area contributed by atoms with Gasteiger partial charge in [0.1, 0.15) is 5.82 Å². The molecule has 0 aromatic heterocycles. The van der Waals surface area contributed by atoms with E-state index in [9.17, 15) is 24.1 Å². The first kappa shape index (κ1) is 17.9. The van der Waals surface area contributed by atoms with Crippen LogP contribution in [-0.2, 0) is 9.53 Å². The van der Waals surface area contributed by atoms with Gasteiger partial charge in [0.05, 0.1) is 23.3 Å². The summed E-state index contributed by atoms with van der Waals surface area (Å²) in [6.45, 7) is -0.674. The number of carbonyl (C=O) groups is 2. The number of nitrogens with one attached hydrogen (secondary N) is 1. The number of ether oxygens (including phenoxy) is 2. The molecule has 0 aliphatic heterocycles. The van der Waals surface area contributed by atoms with E-state index in [1.807, 2.05) is 0 Å². The Balaban J connectivity index is 2.00. The number of nitrogens with zero attached hydrogens (tertiary/aromatic N) is 1. The summed E-state index contributed by atoms with van der Waals surface area (Å²) in [5, 5.41) is 13.2. The molecule has 1 amide bonds. The van der Waals surface area contributed by atoms with Crippen molar-refractivity contribution in [2.45, 2.75) is 0 Å². The highest BCUT2D eigenvalue weighted by atomic mass is 19.1. The summed E-state index contributed by atoms with van der Waals surface area (Å²) >= 11 is 0. The van der Waals surface area contributed by atoms with Crippen LogP contribution in [0.15, 0.2) is 42.5 Å². The van der Waals surface area contributed by atoms with Crippen molar-refractivity contribution < 1.29 is 28.4 Å². The van der Waals surface area contributed by atoms with Crippen molar-refractivity contribution in [3.8, 4) is 5.75 Å². The predicted octanol–water partition coefficient (Wildman–Crippen LogP) is 2.54. The smallest absolute Gasteiger partial charge is 0.338 e. The summed E-state index contributed by atoms with van der Waals surface area (Å²) in [6.07, 6.45) is 0. The lowest BCUT2D eigenvalue weighted by molar-refractivity contribution is -0.385. The summed E-state index contributed by atoms with van der Waals surface area (Å²) in [4.78, 5) is 33.8. The van der Waals surface area contributed by atoms with Gasteiger partial charge in [-0.15, -0.1) is 0 Å². The Bertz CT molecular complexity index is 824. The molecule has 0 fully saturated rings. The SMILES string of the molecule is COc1ccc(C(=O)OCC(=O)Nc2ccccc2F)cc1[N+](=O)[O-]. The Morgan fingerprint density at radius 2 is 1.96 bits per heavy atom. The molecule has 25 heavy (non-hydrogen) atoms. The Hall–Kier alpha value is -3.49. The maximum absolute atomic E-state index is 13.4. The van der Waals surface area contributed by atoms with Gasteiger partial charge in [-0.2, -0.15) is 0 Å². The van der Waals surface area contributed by atoms with E-state index in [2.05, 4.69) is 5.32 Å². The van der Waals surface area contributed by atoms with Gasteiger partial charge in [-0.05, 0) is 24.3 Å². The third-order valence-electron chi connectivity index (χ3n) is 3.09. The molecule has 130 valence electrons. The van der Waals surface area contributed by atoms with Gasteiger partial charge in [-0.25, -0.2) is 9.18 Å². The number of hydrogen-bond donors (Lipinski definition) is 1. The number of para-hydroxylation sites is 1. The number of anilines is 1. The molecule has 2 aromatic carbocycles. The van der Waals surface area contributed by atoms with E-state index < -0.39 is 34.9 Å². The Morgan fingerprint density at radius 3 is 2.60 bits per heavy atom. The summed E-state index contributed by atoms with van der Waals surface area (Å²) in [5.74, 6) is -2.33. The Labute approximate surface area is 141 Å². The molecule has 0 aliphatic carbocycles. The lowest BCUT2D eigenvalue weighted by atomic mass is 10.2. The van der Waals surface area contributed by atoms with E-state index in [-0.39, 0.29) is 17.0 Å². The fourth-order valence-electron chi connectivity index (χ4n) is 1.92. The highest BCUT2D eigenvalue weighted by Gasteiger charge is 2.19. The van der Waals surface area contributed by atoms with Crippen molar-refractivity contribution in [1.29, 1.82) is 0 Å². The average molecular weight is 348 g/mol. The monoisotopic (exact) mass is 348 g/mol. The zero-order valence-corrected chi connectivity index (χ0v) is 13.0. The number of methoxy groups -OCH3 is 1. The lowest BCUT2D eigenvalue weighted by Crippen LogP contribution is -2.21. The molecule has 0 radical (unpaired) electrons. The van der Waals surface area contributed by atoms with Crippen LogP contribution in [0.4, 0.5) is 15.8 Å². The molecular formula is C16H13FN2O6. The molecule has 0 spiro atoms. The fraction of sp³-hybridized carbons (Fsp3) is 0.125. The van der Waals surface area contributed by atoms with E-state index in [4.69, 9.17) is 9.47 Å². The zero-order valence-electron chi connectivity index (χ0n) is 13.0.